The second kappa shape index (κ2) is 9.36. The SMILES string of the molecule is O=C(CSc1ccccc1)N[C@@]1(c2ccccc2)CCN(C(=O)c2ccon2)C[C@H]1O. The number of hydrogen-bond donors (Lipinski definition) is 2. The van der Waals surface area contributed by atoms with Gasteiger partial charge in [0.1, 0.15) is 6.26 Å². The van der Waals surface area contributed by atoms with Gasteiger partial charge in [-0.3, -0.25) is 9.59 Å². The van der Waals surface area contributed by atoms with E-state index in [2.05, 4.69) is 10.5 Å². The summed E-state index contributed by atoms with van der Waals surface area (Å²) in [5.41, 5.74) is 0.0349. The van der Waals surface area contributed by atoms with Gasteiger partial charge in [-0.15, -0.1) is 11.8 Å². The van der Waals surface area contributed by atoms with Crippen LogP contribution in [0.2, 0.25) is 0 Å². The quantitative estimate of drug-likeness (QED) is 0.576. The van der Waals surface area contributed by atoms with Gasteiger partial charge in [-0.2, -0.15) is 0 Å². The summed E-state index contributed by atoms with van der Waals surface area (Å²) in [5.74, 6) is -0.249. The molecular weight excluding hydrogens is 414 g/mol. The number of rotatable bonds is 6. The number of aliphatic hydroxyl groups excluding tert-OH is 1. The number of carbonyl (C=O) groups excluding carboxylic acids is 2. The molecule has 2 amide bonds. The van der Waals surface area contributed by atoms with E-state index in [0.717, 1.165) is 10.5 Å². The summed E-state index contributed by atoms with van der Waals surface area (Å²) in [4.78, 5) is 28.0. The number of amides is 2. The minimum atomic E-state index is -0.981. The van der Waals surface area contributed by atoms with E-state index in [1.807, 2.05) is 60.7 Å². The summed E-state index contributed by atoms with van der Waals surface area (Å²) >= 11 is 1.44. The lowest BCUT2D eigenvalue weighted by Gasteiger charge is -2.46. The lowest BCUT2D eigenvalue weighted by Crippen LogP contribution is -2.63. The van der Waals surface area contributed by atoms with Crippen molar-refractivity contribution in [2.45, 2.75) is 23.0 Å². The Morgan fingerprint density at radius 3 is 2.48 bits per heavy atom. The molecule has 1 aromatic heterocycles. The molecule has 8 heteroatoms. The Bertz CT molecular complexity index is 1010. The predicted molar refractivity (Wildman–Crippen MR) is 116 cm³/mol. The van der Waals surface area contributed by atoms with Crippen LogP contribution in [-0.4, -0.2) is 51.9 Å². The molecule has 1 saturated heterocycles. The molecule has 2 atom stereocenters. The summed E-state index contributed by atoms with van der Waals surface area (Å²) in [6.45, 7) is 0.441. The number of β-amino-alcohol motifs (C(OH)–C–C–N with tert-alkyl or cyclic N) is 1. The normalized spacial score (nSPS) is 20.9. The van der Waals surface area contributed by atoms with Crippen LogP contribution in [0.5, 0.6) is 0 Å². The lowest BCUT2D eigenvalue weighted by molar-refractivity contribution is -0.124. The second-order valence-electron chi connectivity index (χ2n) is 7.39. The molecule has 0 saturated carbocycles. The molecule has 2 aromatic carbocycles. The van der Waals surface area contributed by atoms with Crippen molar-refractivity contribution in [3.8, 4) is 0 Å². The van der Waals surface area contributed by atoms with E-state index >= 15 is 0 Å². The first-order valence-electron chi connectivity index (χ1n) is 10.0. The number of carbonyl (C=O) groups is 2. The molecule has 160 valence electrons. The molecule has 2 heterocycles. The van der Waals surface area contributed by atoms with Crippen LogP contribution in [0.3, 0.4) is 0 Å². The fraction of sp³-hybridized carbons (Fsp3) is 0.261. The minimum absolute atomic E-state index is 0.0761. The van der Waals surface area contributed by atoms with Crippen molar-refractivity contribution >= 4 is 23.6 Å². The highest BCUT2D eigenvalue weighted by molar-refractivity contribution is 8.00. The molecule has 1 aliphatic heterocycles. The molecule has 3 aromatic rings. The van der Waals surface area contributed by atoms with Crippen molar-refractivity contribution < 1.29 is 19.2 Å². The van der Waals surface area contributed by atoms with Crippen LogP contribution in [0.15, 0.2) is 82.4 Å². The van der Waals surface area contributed by atoms with Crippen molar-refractivity contribution in [1.82, 2.24) is 15.4 Å². The summed E-state index contributed by atoms with van der Waals surface area (Å²) in [6.07, 6.45) is 0.737. The number of thioether (sulfide) groups is 1. The average molecular weight is 438 g/mol. The summed E-state index contributed by atoms with van der Waals surface area (Å²) < 4.78 is 4.76. The van der Waals surface area contributed by atoms with Gasteiger partial charge >= 0.3 is 0 Å². The minimum Gasteiger partial charge on any atom is -0.388 e. The van der Waals surface area contributed by atoms with Crippen molar-refractivity contribution in [3.63, 3.8) is 0 Å². The number of hydrogen-bond acceptors (Lipinski definition) is 6. The second-order valence-corrected chi connectivity index (χ2v) is 8.44. The third-order valence-corrected chi connectivity index (χ3v) is 6.46. The number of benzene rings is 2. The zero-order valence-electron chi connectivity index (χ0n) is 16.8. The summed E-state index contributed by atoms with van der Waals surface area (Å²) in [5, 5.41) is 17.9. The third kappa shape index (κ3) is 4.65. The van der Waals surface area contributed by atoms with Gasteiger partial charge in [-0.05, 0) is 24.1 Å². The Hall–Kier alpha value is -3.10. The fourth-order valence-electron chi connectivity index (χ4n) is 3.84. The molecule has 0 unspecified atom stereocenters. The molecule has 0 bridgehead atoms. The Balaban J connectivity index is 1.51. The van der Waals surface area contributed by atoms with Crippen LogP contribution in [0.4, 0.5) is 0 Å². The smallest absolute Gasteiger partial charge is 0.276 e. The van der Waals surface area contributed by atoms with Gasteiger partial charge in [0, 0.05) is 24.1 Å². The molecule has 1 aliphatic rings. The highest BCUT2D eigenvalue weighted by Gasteiger charge is 2.46. The Kier molecular flexibility index (Phi) is 6.39. The van der Waals surface area contributed by atoms with Gasteiger partial charge in [0.2, 0.25) is 5.91 Å². The van der Waals surface area contributed by atoms with Crippen LogP contribution in [0, 0.1) is 0 Å². The van der Waals surface area contributed by atoms with E-state index in [4.69, 9.17) is 4.52 Å². The lowest BCUT2D eigenvalue weighted by atomic mass is 9.78. The predicted octanol–water partition coefficient (Wildman–Crippen LogP) is 2.69. The molecule has 2 N–H and O–H groups in total. The Labute approximate surface area is 184 Å². The van der Waals surface area contributed by atoms with Gasteiger partial charge in [-0.25, -0.2) is 0 Å². The highest BCUT2D eigenvalue weighted by atomic mass is 32.2. The molecule has 0 aliphatic carbocycles. The van der Waals surface area contributed by atoms with Crippen LogP contribution in [-0.2, 0) is 10.3 Å². The summed E-state index contributed by atoms with van der Waals surface area (Å²) in [6, 6.07) is 20.6. The number of likely N-dealkylation sites (tertiary alicyclic amines) is 1. The monoisotopic (exact) mass is 437 g/mol. The van der Waals surface area contributed by atoms with Crippen molar-refractivity contribution in [2.75, 3.05) is 18.8 Å². The topological polar surface area (TPSA) is 95.7 Å². The maximum atomic E-state index is 12.9. The maximum absolute atomic E-state index is 12.9. The van der Waals surface area contributed by atoms with Gasteiger partial charge in [-0.1, -0.05) is 53.7 Å². The van der Waals surface area contributed by atoms with Crippen LogP contribution >= 0.6 is 11.8 Å². The van der Waals surface area contributed by atoms with Gasteiger partial charge < -0.3 is 19.8 Å². The van der Waals surface area contributed by atoms with E-state index in [1.165, 1.54) is 29.0 Å². The van der Waals surface area contributed by atoms with Crippen molar-refractivity contribution in [1.29, 1.82) is 0 Å². The maximum Gasteiger partial charge on any atom is 0.276 e. The molecule has 7 nitrogen and oxygen atoms in total. The van der Waals surface area contributed by atoms with Crippen LogP contribution in [0.25, 0.3) is 0 Å². The molecule has 0 radical (unpaired) electrons. The zero-order valence-corrected chi connectivity index (χ0v) is 17.6. The number of aliphatic hydroxyl groups is 1. The number of nitrogens with zero attached hydrogens (tertiary/aromatic N) is 2. The number of piperidine rings is 1. The van der Waals surface area contributed by atoms with E-state index in [9.17, 15) is 14.7 Å². The third-order valence-electron chi connectivity index (χ3n) is 5.45. The first kappa shape index (κ1) is 21.1. The molecule has 4 rings (SSSR count). The van der Waals surface area contributed by atoms with E-state index in [0.29, 0.717) is 13.0 Å². The molecular formula is C23H23N3O4S. The first-order chi connectivity index (χ1) is 15.1. The Morgan fingerprint density at radius 1 is 1.13 bits per heavy atom. The van der Waals surface area contributed by atoms with Crippen LogP contribution in [0.1, 0.15) is 22.5 Å². The highest BCUT2D eigenvalue weighted by Crippen LogP contribution is 2.34. The average Bonchev–Trinajstić information content (AvgIpc) is 3.35. The first-order valence-corrected chi connectivity index (χ1v) is 11.0. The van der Waals surface area contributed by atoms with Crippen molar-refractivity contribution in [2.24, 2.45) is 0 Å². The van der Waals surface area contributed by atoms with E-state index in [-0.39, 0.29) is 29.8 Å². The molecule has 0 spiro atoms. The Morgan fingerprint density at radius 2 is 1.84 bits per heavy atom. The molecule has 1 fully saturated rings. The largest absolute Gasteiger partial charge is 0.388 e. The standard InChI is InChI=1S/C23H23N3O4S/c27-20-15-26(22(29)19-11-14-30-25-19)13-12-23(20,17-7-3-1-4-8-17)24-21(28)16-31-18-9-5-2-6-10-18/h1-11,14,20,27H,12-13,15-16H2,(H,24,28)/t20-,23-/m1/s1. The number of nitrogens with one attached hydrogen (secondary N) is 1. The number of aromatic nitrogens is 1. The van der Waals surface area contributed by atoms with E-state index in [1.54, 1.807) is 0 Å². The fourth-order valence-corrected chi connectivity index (χ4v) is 4.56. The molecule has 31 heavy (non-hydrogen) atoms. The zero-order chi connectivity index (χ0) is 21.7. The van der Waals surface area contributed by atoms with Crippen LogP contribution < -0.4 is 5.32 Å². The summed E-state index contributed by atoms with van der Waals surface area (Å²) in [7, 11) is 0. The van der Waals surface area contributed by atoms with E-state index < -0.39 is 11.6 Å². The van der Waals surface area contributed by atoms with Crippen molar-refractivity contribution in [3.05, 3.63) is 84.3 Å². The van der Waals surface area contributed by atoms with Gasteiger partial charge in [0.15, 0.2) is 5.69 Å². The van der Waals surface area contributed by atoms with Gasteiger partial charge in [0.05, 0.1) is 17.4 Å². The van der Waals surface area contributed by atoms with Gasteiger partial charge in [0.25, 0.3) is 5.91 Å².